The Labute approximate surface area is 79.3 Å². The molecule has 2 heterocycles. The summed E-state index contributed by atoms with van der Waals surface area (Å²) in [6.07, 6.45) is 2.57. The minimum absolute atomic E-state index is 0. The van der Waals surface area contributed by atoms with E-state index in [1.165, 1.54) is 17.5 Å². The van der Waals surface area contributed by atoms with Gasteiger partial charge in [0.25, 0.3) is 0 Å². The molecule has 0 radical (unpaired) electrons. The second-order valence-electron chi connectivity index (χ2n) is 2.28. The van der Waals surface area contributed by atoms with Crippen LogP contribution in [0.15, 0.2) is 17.0 Å². The van der Waals surface area contributed by atoms with E-state index >= 15 is 0 Å². The first-order valence-corrected chi connectivity index (χ1v) is 3.27. The molecule has 7 heteroatoms. The zero-order valence-corrected chi connectivity index (χ0v) is 7.21. The fourth-order valence-electron chi connectivity index (χ4n) is 0.962. The monoisotopic (exact) mass is 203 g/mol. The van der Waals surface area contributed by atoms with Gasteiger partial charge in [0.2, 0.25) is 11.8 Å². The number of hydrogen-bond acceptors (Lipinski definition) is 4. The van der Waals surface area contributed by atoms with E-state index in [-0.39, 0.29) is 30.7 Å². The van der Waals surface area contributed by atoms with Crippen LogP contribution < -0.4 is 10.2 Å². The number of rotatable bonds is 1. The molecule has 1 aliphatic rings. The predicted octanol–water partition coefficient (Wildman–Crippen LogP) is 0.153. The number of hydrogen-bond donors (Lipinski definition) is 1. The molecule has 70 valence electrons. The van der Waals surface area contributed by atoms with Crippen molar-refractivity contribution in [2.24, 2.45) is 0 Å². The third-order valence-corrected chi connectivity index (χ3v) is 1.48. The van der Waals surface area contributed by atoms with Gasteiger partial charge in [0.05, 0.1) is 6.20 Å². The number of carbonyl (C=O) groups excluding carboxylic acids is 2. The van der Waals surface area contributed by atoms with Crippen LogP contribution in [-0.2, 0) is 4.79 Å². The lowest BCUT2D eigenvalue weighted by molar-refractivity contribution is -0.117. The molecular formula is C6H6ClN3O3. The minimum Gasteiger partial charge on any atom is -0.427 e. The first-order chi connectivity index (χ1) is 5.77. The topological polar surface area (TPSA) is 75.4 Å². The van der Waals surface area contributed by atoms with Crippen molar-refractivity contribution in [3.63, 3.8) is 0 Å². The van der Waals surface area contributed by atoms with Crippen molar-refractivity contribution in [1.82, 2.24) is 10.3 Å². The lowest BCUT2D eigenvalue weighted by atomic mass is 10.6. The molecule has 13 heavy (non-hydrogen) atoms. The first kappa shape index (κ1) is 9.53. The second kappa shape index (κ2) is 3.44. The summed E-state index contributed by atoms with van der Waals surface area (Å²) in [6, 6.07) is -0.475. The number of nitrogens with zero attached hydrogens (tertiary/aromatic N) is 2. The van der Waals surface area contributed by atoms with Gasteiger partial charge in [-0.3, -0.25) is 15.0 Å². The number of urea groups is 1. The number of carbonyl (C=O) groups is 2. The maximum Gasteiger partial charge on any atom is 0.331 e. The van der Waals surface area contributed by atoms with E-state index in [1.54, 1.807) is 0 Å². The maximum atomic E-state index is 11.0. The van der Waals surface area contributed by atoms with Gasteiger partial charge in [-0.15, -0.1) is 12.4 Å². The molecule has 6 nitrogen and oxygen atoms in total. The first-order valence-electron chi connectivity index (χ1n) is 3.27. The van der Waals surface area contributed by atoms with Gasteiger partial charge in [0.15, 0.2) is 6.39 Å². The van der Waals surface area contributed by atoms with Crippen LogP contribution in [0.5, 0.6) is 0 Å². The van der Waals surface area contributed by atoms with Crippen LogP contribution in [0.4, 0.5) is 10.7 Å². The molecule has 0 saturated carbocycles. The number of oxazole rings is 1. The van der Waals surface area contributed by atoms with Crippen molar-refractivity contribution in [1.29, 1.82) is 0 Å². The van der Waals surface area contributed by atoms with Gasteiger partial charge < -0.3 is 4.42 Å². The van der Waals surface area contributed by atoms with Gasteiger partial charge >= 0.3 is 6.03 Å². The Hall–Kier alpha value is -1.56. The van der Waals surface area contributed by atoms with Crippen molar-refractivity contribution < 1.29 is 14.0 Å². The SMILES string of the molecule is Cl.O=C1CN(c2cnco2)C(=O)N1. The van der Waals surface area contributed by atoms with Gasteiger partial charge in [-0.25, -0.2) is 9.78 Å². The van der Waals surface area contributed by atoms with Gasteiger partial charge in [-0.2, -0.15) is 0 Å². The lowest BCUT2D eigenvalue weighted by Gasteiger charge is -2.06. The van der Waals surface area contributed by atoms with E-state index in [2.05, 4.69) is 10.3 Å². The van der Waals surface area contributed by atoms with Crippen LogP contribution >= 0.6 is 12.4 Å². The third kappa shape index (κ3) is 1.62. The van der Waals surface area contributed by atoms with Crippen molar-refractivity contribution >= 4 is 30.2 Å². The van der Waals surface area contributed by atoms with E-state index in [0.717, 1.165) is 0 Å². The highest BCUT2D eigenvalue weighted by molar-refractivity contribution is 6.11. The highest BCUT2D eigenvalue weighted by atomic mass is 35.5. The molecule has 0 unspecified atom stereocenters. The normalized spacial score (nSPS) is 15.5. The molecule has 2 rings (SSSR count). The largest absolute Gasteiger partial charge is 0.427 e. The lowest BCUT2D eigenvalue weighted by Crippen LogP contribution is -2.27. The molecule has 0 aliphatic carbocycles. The Morgan fingerprint density at radius 1 is 1.54 bits per heavy atom. The van der Waals surface area contributed by atoms with Crippen LogP contribution in [0, 0.1) is 0 Å². The number of halogens is 1. The minimum atomic E-state index is -0.475. The van der Waals surface area contributed by atoms with Gasteiger partial charge in [0.1, 0.15) is 6.54 Å². The fourth-order valence-corrected chi connectivity index (χ4v) is 0.962. The van der Waals surface area contributed by atoms with Crippen LogP contribution in [0.3, 0.4) is 0 Å². The van der Waals surface area contributed by atoms with Gasteiger partial charge in [0, 0.05) is 0 Å². The Bertz CT molecular complexity index is 324. The summed E-state index contributed by atoms with van der Waals surface area (Å²) in [5.74, 6) is -0.0604. The van der Waals surface area contributed by atoms with Crippen molar-refractivity contribution in [2.45, 2.75) is 0 Å². The number of amides is 3. The van der Waals surface area contributed by atoms with Gasteiger partial charge in [-0.05, 0) is 0 Å². The number of aromatic nitrogens is 1. The summed E-state index contributed by atoms with van der Waals surface area (Å²) in [5, 5.41) is 2.12. The quantitative estimate of drug-likeness (QED) is 0.660. The van der Waals surface area contributed by atoms with Crippen molar-refractivity contribution in [3.05, 3.63) is 12.6 Å². The van der Waals surface area contributed by atoms with Crippen LogP contribution in [-0.4, -0.2) is 23.5 Å². The summed E-state index contributed by atoms with van der Waals surface area (Å²) >= 11 is 0. The Balaban J connectivity index is 0.000000845. The molecule has 0 atom stereocenters. The molecular weight excluding hydrogens is 198 g/mol. The Morgan fingerprint density at radius 2 is 2.31 bits per heavy atom. The molecule has 3 amide bonds. The summed E-state index contributed by atoms with van der Waals surface area (Å²) in [6.45, 7) is -0.00593. The molecule has 0 aromatic carbocycles. The number of nitrogens with one attached hydrogen (secondary N) is 1. The molecule has 1 aliphatic heterocycles. The highest BCUT2D eigenvalue weighted by Crippen LogP contribution is 2.14. The molecule has 1 N–H and O–H groups in total. The Morgan fingerprint density at radius 3 is 2.77 bits per heavy atom. The zero-order chi connectivity index (χ0) is 8.55. The highest BCUT2D eigenvalue weighted by Gasteiger charge is 2.29. The van der Waals surface area contributed by atoms with E-state index in [1.807, 2.05) is 0 Å². The molecule has 1 fully saturated rings. The maximum absolute atomic E-state index is 11.0. The van der Waals surface area contributed by atoms with Crippen LogP contribution in [0.1, 0.15) is 0 Å². The van der Waals surface area contributed by atoms with Gasteiger partial charge in [-0.1, -0.05) is 0 Å². The smallest absolute Gasteiger partial charge is 0.331 e. The molecule has 1 saturated heterocycles. The van der Waals surface area contributed by atoms with E-state index in [4.69, 9.17) is 4.42 Å². The average molecular weight is 204 g/mol. The zero-order valence-electron chi connectivity index (χ0n) is 6.39. The molecule has 1 aromatic heterocycles. The average Bonchev–Trinajstić information content (AvgIpc) is 2.58. The molecule has 1 aromatic rings. The number of anilines is 1. The summed E-state index contributed by atoms with van der Waals surface area (Å²) in [4.78, 5) is 26.5. The molecule has 0 spiro atoms. The standard InChI is InChI=1S/C6H5N3O3.ClH/c10-4-2-9(6(11)8-4)5-1-7-3-12-5;/h1,3H,2H2,(H,8,10,11);1H. The van der Waals surface area contributed by atoms with E-state index < -0.39 is 6.03 Å². The Kier molecular flexibility index (Phi) is 2.52. The predicted molar refractivity (Wildman–Crippen MR) is 44.6 cm³/mol. The third-order valence-electron chi connectivity index (χ3n) is 1.48. The van der Waals surface area contributed by atoms with Crippen LogP contribution in [0.25, 0.3) is 0 Å². The van der Waals surface area contributed by atoms with Crippen molar-refractivity contribution in [2.75, 3.05) is 11.4 Å². The summed E-state index contributed by atoms with van der Waals surface area (Å²) in [5.41, 5.74) is 0. The van der Waals surface area contributed by atoms with Crippen LogP contribution in [0.2, 0.25) is 0 Å². The number of imide groups is 1. The fraction of sp³-hybridized carbons (Fsp3) is 0.167. The second-order valence-corrected chi connectivity index (χ2v) is 2.28. The van der Waals surface area contributed by atoms with E-state index in [9.17, 15) is 9.59 Å². The summed E-state index contributed by atoms with van der Waals surface area (Å²) < 4.78 is 4.84. The molecule has 0 bridgehead atoms. The van der Waals surface area contributed by atoms with E-state index in [0.29, 0.717) is 0 Å². The summed E-state index contributed by atoms with van der Waals surface area (Å²) in [7, 11) is 0. The van der Waals surface area contributed by atoms with Crippen molar-refractivity contribution in [3.8, 4) is 0 Å².